The fourth-order valence-corrected chi connectivity index (χ4v) is 1.30. The molecule has 2 N–H and O–H groups in total. The Labute approximate surface area is 97.6 Å². The average molecular weight is 236 g/mol. The van der Waals surface area contributed by atoms with Gasteiger partial charge in [0, 0.05) is 6.07 Å². The van der Waals surface area contributed by atoms with Crippen molar-refractivity contribution in [3.63, 3.8) is 0 Å². The molecule has 0 aromatic carbocycles. The fraction of sp³-hybridized carbons (Fsp3) is 0.300. The van der Waals surface area contributed by atoms with Crippen molar-refractivity contribution in [1.82, 2.24) is 15.1 Å². The molecule has 0 unspecified atom stereocenters. The van der Waals surface area contributed by atoms with Crippen molar-refractivity contribution in [2.24, 2.45) is 5.73 Å². The van der Waals surface area contributed by atoms with Crippen molar-refractivity contribution in [1.29, 1.82) is 0 Å². The van der Waals surface area contributed by atoms with E-state index >= 15 is 0 Å². The van der Waals surface area contributed by atoms with Crippen molar-refractivity contribution in [2.45, 2.75) is 6.54 Å². The minimum Gasteiger partial charge on any atom is -0.481 e. The minimum absolute atomic E-state index is 0.218. The second kappa shape index (κ2) is 4.79. The highest BCUT2D eigenvalue weighted by atomic mass is 16.5. The lowest BCUT2D eigenvalue weighted by molar-refractivity contribution is 0.362. The van der Waals surface area contributed by atoms with Gasteiger partial charge < -0.3 is 19.7 Å². The first-order valence-corrected chi connectivity index (χ1v) is 4.90. The number of ether oxygens (including phenoxy) is 2. The maximum atomic E-state index is 5.41. The Morgan fingerprint density at radius 3 is 2.65 bits per heavy atom. The molecule has 90 valence electrons. The standard InChI is InChI=1S/C10H12N4O3/c1-15-8-4-3-6(9(13-8)16-2)10-12-7(5-11)14-17-10/h3-4H,5,11H2,1-2H3. The molecule has 0 bridgehead atoms. The van der Waals surface area contributed by atoms with Crippen LogP contribution < -0.4 is 15.2 Å². The van der Waals surface area contributed by atoms with Crippen molar-refractivity contribution in [2.75, 3.05) is 14.2 Å². The second-order valence-corrected chi connectivity index (χ2v) is 3.13. The van der Waals surface area contributed by atoms with Gasteiger partial charge in [0.25, 0.3) is 5.89 Å². The first-order chi connectivity index (χ1) is 8.28. The highest BCUT2D eigenvalue weighted by Crippen LogP contribution is 2.28. The SMILES string of the molecule is COc1ccc(-c2nc(CN)no2)c(OC)n1. The smallest absolute Gasteiger partial charge is 0.263 e. The van der Waals surface area contributed by atoms with Crippen LogP contribution in [0.5, 0.6) is 11.8 Å². The van der Waals surface area contributed by atoms with Gasteiger partial charge in [-0.3, -0.25) is 0 Å². The van der Waals surface area contributed by atoms with Crippen molar-refractivity contribution in [3.05, 3.63) is 18.0 Å². The summed E-state index contributed by atoms with van der Waals surface area (Å²) >= 11 is 0. The lowest BCUT2D eigenvalue weighted by Gasteiger charge is -2.05. The molecule has 0 atom stereocenters. The molecule has 0 spiro atoms. The number of hydrogen-bond donors (Lipinski definition) is 1. The quantitative estimate of drug-likeness (QED) is 0.830. The van der Waals surface area contributed by atoms with Gasteiger partial charge in [-0.25, -0.2) is 0 Å². The molecule has 2 aromatic rings. The van der Waals surface area contributed by atoms with E-state index in [-0.39, 0.29) is 6.54 Å². The summed E-state index contributed by atoms with van der Waals surface area (Å²) in [6, 6.07) is 3.42. The summed E-state index contributed by atoms with van der Waals surface area (Å²) < 4.78 is 15.2. The molecule has 0 fully saturated rings. The van der Waals surface area contributed by atoms with E-state index < -0.39 is 0 Å². The van der Waals surface area contributed by atoms with Gasteiger partial charge in [-0.15, -0.1) is 0 Å². The predicted octanol–water partition coefficient (Wildman–Crippen LogP) is 0.608. The molecule has 7 nitrogen and oxygen atoms in total. The van der Waals surface area contributed by atoms with E-state index in [1.54, 1.807) is 12.1 Å². The van der Waals surface area contributed by atoms with Crippen LogP contribution in [0.3, 0.4) is 0 Å². The topological polar surface area (TPSA) is 96.3 Å². The van der Waals surface area contributed by atoms with Crippen LogP contribution in [0.1, 0.15) is 5.82 Å². The van der Waals surface area contributed by atoms with Gasteiger partial charge in [0.2, 0.25) is 11.8 Å². The van der Waals surface area contributed by atoms with Gasteiger partial charge in [-0.05, 0) is 6.07 Å². The number of nitrogens with zero attached hydrogens (tertiary/aromatic N) is 3. The molecule has 0 aliphatic heterocycles. The van der Waals surface area contributed by atoms with E-state index in [0.29, 0.717) is 29.0 Å². The van der Waals surface area contributed by atoms with Crippen LogP contribution in [0.2, 0.25) is 0 Å². The Morgan fingerprint density at radius 1 is 1.24 bits per heavy atom. The van der Waals surface area contributed by atoms with Gasteiger partial charge in [0.15, 0.2) is 5.82 Å². The molecule has 2 heterocycles. The summed E-state index contributed by atoms with van der Waals surface area (Å²) in [5.41, 5.74) is 6.00. The Bertz CT molecular complexity index is 512. The molecule has 2 rings (SSSR count). The molecule has 0 amide bonds. The Kier molecular flexibility index (Phi) is 3.20. The third-order valence-corrected chi connectivity index (χ3v) is 2.12. The summed E-state index contributed by atoms with van der Waals surface area (Å²) in [5.74, 6) is 1.55. The van der Waals surface area contributed by atoms with Gasteiger partial charge in [0.1, 0.15) is 5.56 Å². The highest BCUT2D eigenvalue weighted by Gasteiger charge is 2.15. The third kappa shape index (κ3) is 2.18. The summed E-state index contributed by atoms with van der Waals surface area (Å²) in [5, 5.41) is 3.70. The van der Waals surface area contributed by atoms with Crippen LogP contribution >= 0.6 is 0 Å². The summed E-state index contributed by atoms with van der Waals surface area (Å²) in [6.45, 7) is 0.218. The van der Waals surface area contributed by atoms with Crippen LogP contribution in [-0.4, -0.2) is 29.3 Å². The zero-order chi connectivity index (χ0) is 12.3. The molecule has 0 saturated heterocycles. The van der Waals surface area contributed by atoms with Crippen LogP contribution in [0, 0.1) is 0 Å². The number of nitrogens with two attached hydrogens (primary N) is 1. The number of methoxy groups -OCH3 is 2. The highest BCUT2D eigenvalue weighted by molar-refractivity contribution is 5.60. The van der Waals surface area contributed by atoms with E-state index in [9.17, 15) is 0 Å². The zero-order valence-electron chi connectivity index (χ0n) is 9.51. The molecular formula is C10H12N4O3. The van der Waals surface area contributed by atoms with Crippen LogP contribution in [-0.2, 0) is 6.54 Å². The lowest BCUT2D eigenvalue weighted by Crippen LogP contribution is -1.98. The molecule has 0 radical (unpaired) electrons. The molecule has 0 aliphatic carbocycles. The number of rotatable bonds is 4. The number of aromatic nitrogens is 3. The summed E-state index contributed by atoms with van der Waals surface area (Å²) in [6.07, 6.45) is 0. The van der Waals surface area contributed by atoms with Crippen molar-refractivity contribution < 1.29 is 14.0 Å². The predicted molar refractivity (Wildman–Crippen MR) is 58.5 cm³/mol. The average Bonchev–Trinajstić information content (AvgIpc) is 2.86. The monoisotopic (exact) mass is 236 g/mol. The largest absolute Gasteiger partial charge is 0.481 e. The minimum atomic E-state index is 0.218. The Morgan fingerprint density at radius 2 is 2.06 bits per heavy atom. The van der Waals surface area contributed by atoms with Crippen molar-refractivity contribution in [3.8, 4) is 23.2 Å². The maximum absolute atomic E-state index is 5.41. The molecule has 0 saturated carbocycles. The van der Waals surface area contributed by atoms with Gasteiger partial charge in [0.05, 0.1) is 20.8 Å². The summed E-state index contributed by atoms with van der Waals surface area (Å²) in [4.78, 5) is 8.22. The first-order valence-electron chi connectivity index (χ1n) is 4.90. The van der Waals surface area contributed by atoms with Crippen LogP contribution in [0.4, 0.5) is 0 Å². The number of hydrogen-bond acceptors (Lipinski definition) is 7. The zero-order valence-corrected chi connectivity index (χ0v) is 9.51. The van der Waals surface area contributed by atoms with E-state index in [1.807, 2.05) is 0 Å². The van der Waals surface area contributed by atoms with Crippen LogP contribution in [0.25, 0.3) is 11.5 Å². The molecule has 7 heteroatoms. The second-order valence-electron chi connectivity index (χ2n) is 3.13. The Hall–Kier alpha value is -2.15. The van der Waals surface area contributed by atoms with Gasteiger partial charge >= 0.3 is 0 Å². The normalized spacial score (nSPS) is 10.3. The molecular weight excluding hydrogens is 224 g/mol. The third-order valence-electron chi connectivity index (χ3n) is 2.12. The molecule has 17 heavy (non-hydrogen) atoms. The van der Waals surface area contributed by atoms with E-state index in [4.69, 9.17) is 19.7 Å². The van der Waals surface area contributed by atoms with E-state index in [2.05, 4.69) is 15.1 Å². The van der Waals surface area contributed by atoms with Gasteiger partial charge in [-0.2, -0.15) is 9.97 Å². The fourth-order valence-electron chi connectivity index (χ4n) is 1.30. The van der Waals surface area contributed by atoms with E-state index in [0.717, 1.165) is 0 Å². The van der Waals surface area contributed by atoms with Crippen molar-refractivity contribution >= 4 is 0 Å². The van der Waals surface area contributed by atoms with E-state index in [1.165, 1.54) is 14.2 Å². The van der Waals surface area contributed by atoms with Gasteiger partial charge in [-0.1, -0.05) is 5.16 Å². The Balaban J connectivity index is 2.43. The molecule has 2 aromatic heterocycles. The molecule has 0 aliphatic rings. The first kappa shape index (κ1) is 11.3. The lowest BCUT2D eigenvalue weighted by atomic mass is 10.2. The maximum Gasteiger partial charge on any atom is 0.263 e. The van der Waals surface area contributed by atoms with Crippen LogP contribution in [0.15, 0.2) is 16.7 Å². The summed E-state index contributed by atoms with van der Waals surface area (Å²) in [7, 11) is 3.03. The number of pyridine rings is 1.